The fraction of sp³-hybridized carbons (Fsp3) is 0.200. The number of hydrogen-bond donors (Lipinski definition) is 1. The van der Waals surface area contributed by atoms with Crippen LogP contribution in [0.25, 0.3) is 0 Å². The molecule has 0 aliphatic carbocycles. The molecular formula is C15H15Br2NO2S. The molecule has 21 heavy (non-hydrogen) atoms. The lowest BCUT2D eigenvalue weighted by Crippen LogP contribution is -2.13. The molecule has 0 aliphatic rings. The summed E-state index contributed by atoms with van der Waals surface area (Å²) >= 11 is 6.57. The largest absolute Gasteiger partial charge is 0.280 e. The van der Waals surface area contributed by atoms with Crippen LogP contribution in [0.3, 0.4) is 0 Å². The maximum atomic E-state index is 12.5. The first-order chi connectivity index (χ1) is 9.79. The SMILES string of the molecule is CC(C)c1cccc(NS(=O)(=O)c2cc(Br)ccc2Br)c1. The fourth-order valence-electron chi connectivity index (χ4n) is 1.85. The second-order valence-electron chi connectivity index (χ2n) is 4.96. The third-order valence-electron chi connectivity index (χ3n) is 2.99. The van der Waals surface area contributed by atoms with Gasteiger partial charge in [-0.3, -0.25) is 4.72 Å². The molecule has 0 saturated heterocycles. The molecule has 1 N–H and O–H groups in total. The molecule has 0 spiro atoms. The van der Waals surface area contributed by atoms with Crippen molar-refractivity contribution in [3.63, 3.8) is 0 Å². The van der Waals surface area contributed by atoms with Gasteiger partial charge in [-0.05, 0) is 57.7 Å². The summed E-state index contributed by atoms with van der Waals surface area (Å²) in [4.78, 5) is 0.201. The lowest BCUT2D eigenvalue weighted by Gasteiger charge is -2.12. The second-order valence-corrected chi connectivity index (χ2v) is 8.38. The van der Waals surface area contributed by atoms with Gasteiger partial charge in [0.05, 0.1) is 0 Å². The van der Waals surface area contributed by atoms with Crippen molar-refractivity contribution in [1.29, 1.82) is 0 Å². The van der Waals surface area contributed by atoms with Crippen molar-refractivity contribution in [2.75, 3.05) is 4.72 Å². The lowest BCUT2D eigenvalue weighted by molar-refractivity contribution is 0.600. The van der Waals surface area contributed by atoms with Crippen LogP contribution in [0.2, 0.25) is 0 Å². The number of nitrogens with one attached hydrogen (secondary N) is 1. The van der Waals surface area contributed by atoms with E-state index in [2.05, 4.69) is 50.4 Å². The van der Waals surface area contributed by atoms with Gasteiger partial charge in [-0.1, -0.05) is 41.9 Å². The Morgan fingerprint density at radius 3 is 2.43 bits per heavy atom. The fourth-order valence-corrected chi connectivity index (χ4v) is 4.41. The predicted molar refractivity (Wildman–Crippen MR) is 93.2 cm³/mol. The van der Waals surface area contributed by atoms with Gasteiger partial charge in [0, 0.05) is 14.6 Å². The summed E-state index contributed by atoms with van der Waals surface area (Å²) in [7, 11) is -3.64. The van der Waals surface area contributed by atoms with Gasteiger partial charge in [0.25, 0.3) is 10.0 Å². The zero-order valence-electron chi connectivity index (χ0n) is 11.6. The third kappa shape index (κ3) is 4.08. The normalized spacial score (nSPS) is 11.7. The van der Waals surface area contributed by atoms with Crippen molar-refractivity contribution < 1.29 is 8.42 Å². The van der Waals surface area contributed by atoms with Crippen LogP contribution in [0.1, 0.15) is 25.3 Å². The summed E-state index contributed by atoms with van der Waals surface area (Å²) in [6.45, 7) is 4.14. The molecule has 0 aromatic heterocycles. The molecule has 2 aromatic rings. The van der Waals surface area contributed by atoms with Crippen molar-refractivity contribution in [3.8, 4) is 0 Å². The van der Waals surface area contributed by atoms with Crippen LogP contribution in [0.15, 0.2) is 56.3 Å². The Morgan fingerprint density at radius 2 is 1.76 bits per heavy atom. The number of hydrogen-bond acceptors (Lipinski definition) is 2. The first-order valence-electron chi connectivity index (χ1n) is 6.37. The zero-order chi connectivity index (χ0) is 15.6. The summed E-state index contributed by atoms with van der Waals surface area (Å²) in [5, 5.41) is 0. The monoisotopic (exact) mass is 431 g/mol. The van der Waals surface area contributed by atoms with Crippen molar-refractivity contribution in [2.24, 2.45) is 0 Å². The van der Waals surface area contributed by atoms with Crippen LogP contribution in [0.4, 0.5) is 5.69 Å². The number of rotatable bonds is 4. The molecule has 0 bridgehead atoms. The van der Waals surface area contributed by atoms with Crippen molar-refractivity contribution in [3.05, 3.63) is 57.0 Å². The van der Waals surface area contributed by atoms with Crippen LogP contribution in [-0.4, -0.2) is 8.42 Å². The molecule has 2 aromatic carbocycles. The number of benzene rings is 2. The van der Waals surface area contributed by atoms with E-state index in [1.807, 2.05) is 18.2 Å². The van der Waals surface area contributed by atoms with Gasteiger partial charge >= 0.3 is 0 Å². The molecule has 0 aliphatic heterocycles. The maximum Gasteiger partial charge on any atom is 0.263 e. The van der Waals surface area contributed by atoms with Crippen LogP contribution in [-0.2, 0) is 10.0 Å². The Hall–Kier alpha value is -0.850. The van der Waals surface area contributed by atoms with Gasteiger partial charge in [-0.15, -0.1) is 0 Å². The Bertz CT molecular complexity index is 758. The van der Waals surface area contributed by atoms with E-state index < -0.39 is 10.0 Å². The predicted octanol–water partition coefficient (Wildman–Crippen LogP) is 5.14. The van der Waals surface area contributed by atoms with Crippen molar-refractivity contribution in [2.45, 2.75) is 24.7 Å². The Labute approximate surface area is 142 Å². The second kappa shape index (κ2) is 6.50. The highest BCUT2D eigenvalue weighted by Gasteiger charge is 2.18. The first kappa shape index (κ1) is 16.5. The summed E-state index contributed by atoms with van der Waals surface area (Å²) < 4.78 is 28.8. The van der Waals surface area contributed by atoms with Gasteiger partial charge in [0.2, 0.25) is 0 Å². The van der Waals surface area contributed by atoms with E-state index in [0.717, 1.165) is 5.56 Å². The van der Waals surface area contributed by atoms with Crippen LogP contribution >= 0.6 is 31.9 Å². The molecule has 0 atom stereocenters. The molecular weight excluding hydrogens is 418 g/mol. The molecule has 0 saturated carbocycles. The highest BCUT2D eigenvalue weighted by atomic mass is 79.9. The van der Waals surface area contributed by atoms with Crippen molar-refractivity contribution in [1.82, 2.24) is 0 Å². The summed E-state index contributed by atoms with van der Waals surface area (Å²) in [5.41, 5.74) is 1.65. The molecule has 112 valence electrons. The number of anilines is 1. The minimum atomic E-state index is -3.64. The summed E-state index contributed by atoms with van der Waals surface area (Å²) in [6.07, 6.45) is 0. The van der Waals surface area contributed by atoms with E-state index in [9.17, 15) is 8.42 Å². The number of halogens is 2. The maximum absolute atomic E-state index is 12.5. The lowest BCUT2D eigenvalue weighted by atomic mass is 10.0. The Morgan fingerprint density at radius 1 is 1.05 bits per heavy atom. The minimum Gasteiger partial charge on any atom is -0.280 e. The topological polar surface area (TPSA) is 46.2 Å². The van der Waals surface area contributed by atoms with Crippen molar-refractivity contribution >= 4 is 47.6 Å². The molecule has 3 nitrogen and oxygen atoms in total. The number of sulfonamides is 1. The molecule has 2 rings (SSSR count). The average Bonchev–Trinajstić information content (AvgIpc) is 2.41. The van der Waals surface area contributed by atoms with E-state index in [0.29, 0.717) is 20.6 Å². The molecule has 0 amide bonds. The van der Waals surface area contributed by atoms with Gasteiger partial charge in [0.15, 0.2) is 0 Å². The zero-order valence-corrected chi connectivity index (χ0v) is 15.6. The minimum absolute atomic E-state index is 0.201. The average molecular weight is 433 g/mol. The summed E-state index contributed by atoms with van der Waals surface area (Å²) in [5.74, 6) is 0.340. The van der Waals surface area contributed by atoms with Crippen LogP contribution in [0.5, 0.6) is 0 Å². The van der Waals surface area contributed by atoms with E-state index >= 15 is 0 Å². The van der Waals surface area contributed by atoms with Gasteiger partial charge in [0.1, 0.15) is 4.90 Å². The highest BCUT2D eigenvalue weighted by Crippen LogP contribution is 2.28. The van der Waals surface area contributed by atoms with E-state index in [1.54, 1.807) is 24.3 Å². The van der Waals surface area contributed by atoms with E-state index in [-0.39, 0.29) is 4.90 Å². The van der Waals surface area contributed by atoms with Gasteiger partial charge in [-0.2, -0.15) is 0 Å². The summed E-state index contributed by atoms with van der Waals surface area (Å²) in [6, 6.07) is 12.5. The third-order valence-corrected chi connectivity index (χ3v) is 5.86. The molecule has 0 heterocycles. The molecule has 0 fully saturated rings. The Kier molecular flexibility index (Phi) is 5.11. The van der Waals surface area contributed by atoms with E-state index in [4.69, 9.17) is 0 Å². The molecule has 0 radical (unpaired) electrons. The first-order valence-corrected chi connectivity index (χ1v) is 9.44. The standard InChI is InChI=1S/C15H15Br2NO2S/c1-10(2)11-4-3-5-13(8-11)18-21(19,20)15-9-12(16)6-7-14(15)17/h3-10,18H,1-2H3. The van der Waals surface area contributed by atoms with E-state index in [1.165, 1.54) is 0 Å². The highest BCUT2D eigenvalue weighted by molar-refractivity contribution is 9.11. The smallest absolute Gasteiger partial charge is 0.263 e. The Balaban J connectivity index is 2.37. The molecule has 6 heteroatoms. The quantitative estimate of drug-likeness (QED) is 0.727. The van der Waals surface area contributed by atoms with Crippen LogP contribution in [0, 0.1) is 0 Å². The van der Waals surface area contributed by atoms with Gasteiger partial charge < -0.3 is 0 Å². The molecule has 0 unspecified atom stereocenters. The van der Waals surface area contributed by atoms with Gasteiger partial charge in [-0.25, -0.2) is 8.42 Å². The van der Waals surface area contributed by atoms with Crippen LogP contribution < -0.4 is 4.72 Å².